The van der Waals surface area contributed by atoms with Crippen molar-refractivity contribution in [2.45, 2.75) is 0 Å². The van der Waals surface area contributed by atoms with Crippen molar-refractivity contribution in [2.75, 3.05) is 0 Å². The Bertz CT molecular complexity index is 31.5. The van der Waals surface area contributed by atoms with Crippen molar-refractivity contribution in [1.82, 2.24) is 0 Å². The standard InChI is InChI=1S/Ag.H4O4Si.Zn.Zr/c;1-5(2,3)4;;/h;1-4H;;. The first-order chi connectivity index (χ1) is 2.00. The predicted molar refractivity (Wildman–Crippen MR) is 14.6 cm³/mol. The van der Waals surface area contributed by atoms with Gasteiger partial charge in [-0.3, -0.25) is 0 Å². The SMILES string of the molecule is O[Si](O)(O)O.[Ag].[Zn].[Zr]. The molecule has 0 rings (SSSR count). The number of rotatable bonds is 0. The Labute approximate surface area is 95.2 Å². The Morgan fingerprint density at radius 1 is 0.875 bits per heavy atom. The van der Waals surface area contributed by atoms with Crippen molar-refractivity contribution in [3.8, 4) is 0 Å². The molecule has 4 nitrogen and oxygen atoms in total. The maximum absolute atomic E-state index is 7.33. The molecule has 49 valence electrons. The quantitative estimate of drug-likeness (QED) is 0.357. The van der Waals surface area contributed by atoms with Gasteiger partial charge in [-0.05, 0) is 0 Å². The van der Waals surface area contributed by atoms with Crippen LogP contribution in [-0.2, 0) is 68.1 Å². The zero-order chi connectivity index (χ0) is 4.50. The summed E-state index contributed by atoms with van der Waals surface area (Å²) in [6, 6.07) is 0. The van der Waals surface area contributed by atoms with E-state index in [1.807, 2.05) is 0 Å². The van der Waals surface area contributed by atoms with Crippen LogP contribution in [0.2, 0.25) is 0 Å². The Balaban J connectivity index is -0.0000000267. The fourth-order valence-corrected chi connectivity index (χ4v) is 0. The van der Waals surface area contributed by atoms with Crippen LogP contribution >= 0.6 is 0 Å². The van der Waals surface area contributed by atoms with Crippen LogP contribution in [0.4, 0.5) is 0 Å². The molecule has 0 saturated heterocycles. The van der Waals surface area contributed by atoms with Crippen LogP contribution in [-0.4, -0.2) is 28.2 Å². The summed E-state index contributed by atoms with van der Waals surface area (Å²) in [5.74, 6) is 0. The molecule has 4 N–H and O–H groups in total. The van der Waals surface area contributed by atoms with E-state index in [0.29, 0.717) is 0 Å². The summed E-state index contributed by atoms with van der Waals surface area (Å²) >= 11 is 0. The normalized spacial score (nSPS) is 7.50. The van der Waals surface area contributed by atoms with Crippen molar-refractivity contribution in [1.29, 1.82) is 0 Å². The molecule has 0 heterocycles. The van der Waals surface area contributed by atoms with E-state index in [2.05, 4.69) is 0 Å². The van der Waals surface area contributed by atoms with Gasteiger partial charge in [0.2, 0.25) is 0 Å². The molecule has 0 fully saturated rings. The minimum Gasteiger partial charge on any atom is -0.368 e. The summed E-state index contributed by atoms with van der Waals surface area (Å²) in [7, 11) is -4.61. The summed E-state index contributed by atoms with van der Waals surface area (Å²) in [6.07, 6.45) is 0. The smallest absolute Gasteiger partial charge is 0.368 e. The van der Waals surface area contributed by atoms with Crippen molar-refractivity contribution in [3.05, 3.63) is 0 Å². The van der Waals surface area contributed by atoms with E-state index in [-0.39, 0.29) is 68.1 Å². The van der Waals surface area contributed by atoms with E-state index in [1.54, 1.807) is 0 Å². The molecule has 0 spiro atoms. The van der Waals surface area contributed by atoms with Crippen molar-refractivity contribution < 1.29 is 87.2 Å². The molecule has 8 heteroatoms. The summed E-state index contributed by atoms with van der Waals surface area (Å²) in [6.45, 7) is 0. The predicted octanol–water partition coefficient (Wildman–Crippen LogP) is -2.62. The molecule has 1 radical (unpaired) electrons. The second-order valence-corrected chi connectivity index (χ2v) is 1.80. The Kier molecular flexibility index (Phi) is 26.1. The Morgan fingerprint density at radius 2 is 0.875 bits per heavy atom. The van der Waals surface area contributed by atoms with E-state index in [1.165, 1.54) is 0 Å². The fourth-order valence-electron chi connectivity index (χ4n) is 0. The van der Waals surface area contributed by atoms with Gasteiger partial charge in [0.15, 0.2) is 0 Å². The monoisotopic (exact) mass is 357 g/mol. The van der Waals surface area contributed by atoms with Crippen molar-refractivity contribution in [3.63, 3.8) is 0 Å². The van der Waals surface area contributed by atoms with E-state index >= 15 is 0 Å². The van der Waals surface area contributed by atoms with Crippen LogP contribution in [0.5, 0.6) is 0 Å². The maximum Gasteiger partial charge on any atom is 0.668 e. The van der Waals surface area contributed by atoms with E-state index < -0.39 is 9.05 Å². The third-order valence-corrected chi connectivity index (χ3v) is 0. The minimum atomic E-state index is -4.61. The third-order valence-electron chi connectivity index (χ3n) is 0. The fraction of sp³-hybridized carbons (Fsp3) is 0. The van der Waals surface area contributed by atoms with Gasteiger partial charge in [0.25, 0.3) is 0 Å². The molecule has 0 aromatic rings. The zero-order valence-electron chi connectivity index (χ0n) is 3.80. The van der Waals surface area contributed by atoms with Crippen LogP contribution in [0, 0.1) is 0 Å². The first-order valence-corrected chi connectivity index (χ1v) is 2.68. The number of hydrogen-bond acceptors (Lipinski definition) is 4. The second kappa shape index (κ2) is 9.30. The number of hydrogen-bond donors (Lipinski definition) is 4. The van der Waals surface area contributed by atoms with Gasteiger partial charge in [-0.15, -0.1) is 0 Å². The Morgan fingerprint density at radius 3 is 0.875 bits per heavy atom. The average molecular weight is 361 g/mol. The van der Waals surface area contributed by atoms with Crippen molar-refractivity contribution >= 4 is 9.05 Å². The summed E-state index contributed by atoms with van der Waals surface area (Å²) < 4.78 is 0. The molecule has 0 aliphatic heterocycles. The largest absolute Gasteiger partial charge is 0.668 e. The van der Waals surface area contributed by atoms with Gasteiger partial charge in [0.1, 0.15) is 0 Å². The molecular formula is H4AgO4SiZnZr. The van der Waals surface area contributed by atoms with Crippen LogP contribution in [0.25, 0.3) is 0 Å². The first-order valence-electron chi connectivity index (χ1n) is 0.894. The molecule has 0 saturated carbocycles. The van der Waals surface area contributed by atoms with Crippen LogP contribution in [0.15, 0.2) is 0 Å². The van der Waals surface area contributed by atoms with Crippen LogP contribution in [0.3, 0.4) is 0 Å². The van der Waals surface area contributed by atoms with Crippen LogP contribution in [0.1, 0.15) is 0 Å². The van der Waals surface area contributed by atoms with Crippen LogP contribution < -0.4 is 0 Å². The topological polar surface area (TPSA) is 80.9 Å². The molecule has 0 amide bonds. The molecule has 0 unspecified atom stereocenters. The first kappa shape index (κ1) is 22.4. The molecule has 0 aliphatic carbocycles. The molecule has 0 aliphatic rings. The molecule has 0 atom stereocenters. The average Bonchev–Trinajstić information content (AvgIpc) is 0.722. The maximum atomic E-state index is 7.33. The molecule has 0 bridgehead atoms. The molecule has 8 heavy (non-hydrogen) atoms. The van der Waals surface area contributed by atoms with E-state index in [0.717, 1.165) is 0 Å². The van der Waals surface area contributed by atoms with Gasteiger partial charge in [-0.2, -0.15) is 0 Å². The van der Waals surface area contributed by atoms with Gasteiger partial charge in [-0.25, -0.2) is 0 Å². The van der Waals surface area contributed by atoms with E-state index in [9.17, 15) is 0 Å². The van der Waals surface area contributed by atoms with Gasteiger partial charge < -0.3 is 19.2 Å². The molecule has 0 aromatic heterocycles. The van der Waals surface area contributed by atoms with Gasteiger partial charge in [-0.1, -0.05) is 0 Å². The minimum absolute atomic E-state index is 0. The Hall–Kier alpha value is 2.30. The zero-order valence-corrected chi connectivity index (χ0v) is 11.7. The summed E-state index contributed by atoms with van der Waals surface area (Å²) in [4.78, 5) is 29.3. The van der Waals surface area contributed by atoms with Gasteiger partial charge in [0.05, 0.1) is 0 Å². The van der Waals surface area contributed by atoms with E-state index in [4.69, 9.17) is 19.2 Å². The molecular weight excluding hydrogens is 357 g/mol. The molecule has 0 aromatic carbocycles. The summed E-state index contributed by atoms with van der Waals surface area (Å²) in [5.41, 5.74) is 0. The summed E-state index contributed by atoms with van der Waals surface area (Å²) in [5, 5.41) is 0. The third kappa shape index (κ3) is 83.5. The second-order valence-electron chi connectivity index (χ2n) is 0.600. The van der Waals surface area contributed by atoms with Gasteiger partial charge in [0, 0.05) is 68.1 Å². The van der Waals surface area contributed by atoms with Crippen molar-refractivity contribution in [2.24, 2.45) is 0 Å². The van der Waals surface area contributed by atoms with Gasteiger partial charge >= 0.3 is 9.05 Å².